The van der Waals surface area contributed by atoms with Gasteiger partial charge < -0.3 is 14.4 Å². The van der Waals surface area contributed by atoms with Crippen LogP contribution in [0, 0.1) is 11.8 Å². The molecule has 2 aliphatic rings. The van der Waals surface area contributed by atoms with Crippen LogP contribution in [-0.2, 0) is 20.9 Å². The highest BCUT2D eigenvalue weighted by molar-refractivity contribution is 5.78. The van der Waals surface area contributed by atoms with E-state index in [1.54, 1.807) is 0 Å². The van der Waals surface area contributed by atoms with Gasteiger partial charge >= 0.3 is 12.1 Å². The Hall–Kier alpha value is -2.11. The lowest BCUT2D eigenvalue weighted by Gasteiger charge is -2.28. The molecule has 1 aliphatic heterocycles. The number of nitrogens with zero attached hydrogens (tertiary/aromatic N) is 1. The molecule has 3 rings (SSSR count). The van der Waals surface area contributed by atoms with Crippen molar-refractivity contribution in [2.45, 2.75) is 25.2 Å². The van der Waals surface area contributed by atoms with E-state index in [-0.39, 0.29) is 12.5 Å². The van der Waals surface area contributed by atoms with E-state index in [9.17, 15) is 14.0 Å². The number of hydrogen-bond donors (Lipinski definition) is 0. The zero-order chi connectivity index (χ0) is 15.7. The second-order valence-corrected chi connectivity index (χ2v) is 5.74. The normalized spacial score (nSPS) is 29.5. The summed E-state index contributed by atoms with van der Waals surface area (Å²) in [5.74, 6) is -1.21. The van der Waals surface area contributed by atoms with Crippen molar-refractivity contribution in [1.82, 2.24) is 4.90 Å². The number of carbonyl (C=O) groups is 2. The van der Waals surface area contributed by atoms with Crippen molar-refractivity contribution < 1.29 is 23.5 Å². The smallest absolute Gasteiger partial charge is 0.410 e. The molecule has 1 aromatic rings. The van der Waals surface area contributed by atoms with Gasteiger partial charge in [-0.25, -0.2) is 9.18 Å². The minimum absolute atomic E-state index is 0.132. The van der Waals surface area contributed by atoms with Gasteiger partial charge in [0.15, 0.2) is 0 Å². The molecule has 0 aromatic heterocycles. The van der Waals surface area contributed by atoms with Crippen LogP contribution in [0.4, 0.5) is 9.18 Å². The molecule has 1 heterocycles. The van der Waals surface area contributed by atoms with Crippen LogP contribution in [0.2, 0.25) is 0 Å². The Morgan fingerprint density at radius 2 is 2.05 bits per heavy atom. The Bertz CT molecular complexity index is 565. The Labute approximate surface area is 128 Å². The Kier molecular flexibility index (Phi) is 4.00. The number of ether oxygens (including phenoxy) is 2. The molecule has 2 bridgehead atoms. The number of halogens is 1. The highest BCUT2D eigenvalue weighted by atomic mass is 19.1. The molecule has 2 fully saturated rings. The fourth-order valence-corrected chi connectivity index (χ4v) is 3.50. The van der Waals surface area contributed by atoms with Crippen molar-refractivity contribution in [3.05, 3.63) is 35.9 Å². The van der Waals surface area contributed by atoms with Crippen LogP contribution in [0.15, 0.2) is 30.3 Å². The van der Waals surface area contributed by atoms with Crippen molar-refractivity contribution in [3.63, 3.8) is 0 Å². The van der Waals surface area contributed by atoms with E-state index in [0.717, 1.165) is 5.56 Å². The number of alkyl halides is 1. The third-order valence-corrected chi connectivity index (χ3v) is 4.48. The molecule has 0 N–H and O–H groups in total. The molecule has 4 atom stereocenters. The zero-order valence-electron chi connectivity index (χ0n) is 12.3. The number of esters is 1. The van der Waals surface area contributed by atoms with Crippen molar-refractivity contribution in [2.75, 3.05) is 13.7 Å². The van der Waals surface area contributed by atoms with Gasteiger partial charge in [-0.3, -0.25) is 4.79 Å². The van der Waals surface area contributed by atoms with Crippen molar-refractivity contribution in [1.29, 1.82) is 0 Å². The SMILES string of the molecule is COC(=O)[C@@H]1[C@@H]2C[C@@H](F)[C@H]1N(C(=O)OCc1ccccc1)C2. The molecule has 1 aromatic carbocycles. The van der Waals surface area contributed by atoms with Gasteiger partial charge in [-0.2, -0.15) is 0 Å². The summed E-state index contributed by atoms with van der Waals surface area (Å²) in [6.45, 7) is 0.478. The molecule has 118 valence electrons. The van der Waals surface area contributed by atoms with Crippen LogP contribution in [0.25, 0.3) is 0 Å². The Balaban J connectivity index is 1.65. The molecular weight excluding hydrogens is 289 g/mol. The van der Waals surface area contributed by atoms with E-state index < -0.39 is 30.2 Å². The minimum atomic E-state index is -1.20. The summed E-state index contributed by atoms with van der Waals surface area (Å²) >= 11 is 0. The summed E-state index contributed by atoms with van der Waals surface area (Å²) < 4.78 is 24.1. The predicted octanol–water partition coefficient (Wildman–Crippen LogP) is 2.15. The molecule has 0 unspecified atom stereocenters. The van der Waals surface area contributed by atoms with E-state index in [0.29, 0.717) is 13.0 Å². The van der Waals surface area contributed by atoms with E-state index in [2.05, 4.69) is 0 Å². The maximum Gasteiger partial charge on any atom is 0.410 e. The summed E-state index contributed by atoms with van der Waals surface area (Å²) in [6.07, 6.45) is -1.48. The molecule has 1 saturated carbocycles. The Morgan fingerprint density at radius 1 is 1.32 bits per heavy atom. The molecule has 0 spiro atoms. The molecule has 1 saturated heterocycles. The number of likely N-dealkylation sites (tertiary alicyclic amines) is 1. The van der Waals surface area contributed by atoms with Crippen molar-refractivity contribution >= 4 is 12.1 Å². The van der Waals surface area contributed by atoms with Crippen LogP contribution in [0.5, 0.6) is 0 Å². The second-order valence-electron chi connectivity index (χ2n) is 5.74. The minimum Gasteiger partial charge on any atom is -0.469 e. The monoisotopic (exact) mass is 307 g/mol. The number of carbonyl (C=O) groups excluding carboxylic acids is 2. The quantitative estimate of drug-likeness (QED) is 0.803. The first-order valence-electron chi connectivity index (χ1n) is 7.31. The van der Waals surface area contributed by atoms with Crippen LogP contribution in [-0.4, -0.2) is 42.8 Å². The lowest BCUT2D eigenvalue weighted by Crippen LogP contribution is -2.45. The average molecular weight is 307 g/mol. The fourth-order valence-electron chi connectivity index (χ4n) is 3.50. The maximum absolute atomic E-state index is 14.1. The number of benzene rings is 1. The number of amides is 1. The number of fused-ring (bicyclic) bond motifs is 2. The Morgan fingerprint density at radius 3 is 2.73 bits per heavy atom. The van der Waals surface area contributed by atoms with Gasteiger partial charge in [0.25, 0.3) is 0 Å². The number of hydrogen-bond acceptors (Lipinski definition) is 4. The predicted molar refractivity (Wildman–Crippen MR) is 75.6 cm³/mol. The summed E-state index contributed by atoms with van der Waals surface area (Å²) in [5.41, 5.74) is 0.863. The van der Waals surface area contributed by atoms with Crippen LogP contribution in [0.1, 0.15) is 12.0 Å². The van der Waals surface area contributed by atoms with Crippen molar-refractivity contribution in [3.8, 4) is 0 Å². The van der Waals surface area contributed by atoms with Gasteiger partial charge in [0, 0.05) is 6.54 Å². The topological polar surface area (TPSA) is 55.8 Å². The standard InChI is InChI=1S/C16H18FNO4/c1-21-15(19)13-11-7-12(17)14(13)18(8-11)16(20)22-9-10-5-3-2-4-6-10/h2-6,11-14H,7-9H2,1H3/t11-,12-,13-,14-/m1/s1. The lowest BCUT2D eigenvalue weighted by molar-refractivity contribution is -0.146. The largest absolute Gasteiger partial charge is 0.469 e. The van der Waals surface area contributed by atoms with Gasteiger partial charge in [-0.05, 0) is 17.9 Å². The third kappa shape index (κ3) is 2.53. The molecule has 22 heavy (non-hydrogen) atoms. The number of piperidine rings is 1. The molecule has 6 heteroatoms. The van der Waals surface area contributed by atoms with E-state index in [1.807, 2.05) is 30.3 Å². The van der Waals surface area contributed by atoms with Crippen LogP contribution >= 0.6 is 0 Å². The van der Waals surface area contributed by atoms with Crippen LogP contribution in [0.3, 0.4) is 0 Å². The van der Waals surface area contributed by atoms with Crippen LogP contribution < -0.4 is 0 Å². The fraction of sp³-hybridized carbons (Fsp3) is 0.500. The van der Waals surface area contributed by atoms with Gasteiger partial charge in [-0.1, -0.05) is 30.3 Å². The van der Waals surface area contributed by atoms with Crippen molar-refractivity contribution in [2.24, 2.45) is 11.8 Å². The molecule has 1 aliphatic carbocycles. The first-order chi connectivity index (χ1) is 10.6. The number of methoxy groups -OCH3 is 1. The molecule has 0 radical (unpaired) electrons. The van der Waals surface area contributed by atoms with Gasteiger partial charge in [0.05, 0.1) is 19.1 Å². The zero-order valence-corrected chi connectivity index (χ0v) is 12.3. The maximum atomic E-state index is 14.1. The highest BCUT2D eigenvalue weighted by Gasteiger charge is 2.58. The van der Waals surface area contributed by atoms with Gasteiger partial charge in [0.1, 0.15) is 12.8 Å². The second kappa shape index (κ2) is 5.94. The summed E-state index contributed by atoms with van der Waals surface area (Å²) in [6, 6.07) is 8.51. The van der Waals surface area contributed by atoms with Gasteiger partial charge in [0.2, 0.25) is 0 Å². The highest BCUT2D eigenvalue weighted by Crippen LogP contribution is 2.45. The van der Waals surface area contributed by atoms with Gasteiger partial charge in [-0.15, -0.1) is 0 Å². The molecule has 5 nitrogen and oxygen atoms in total. The molecule has 1 amide bonds. The van der Waals surface area contributed by atoms with E-state index >= 15 is 0 Å². The summed E-state index contributed by atoms with van der Waals surface area (Å²) in [7, 11) is 1.28. The number of rotatable bonds is 3. The summed E-state index contributed by atoms with van der Waals surface area (Å²) in [5, 5.41) is 0. The first-order valence-corrected chi connectivity index (χ1v) is 7.31. The van der Waals surface area contributed by atoms with E-state index in [1.165, 1.54) is 12.0 Å². The average Bonchev–Trinajstić information content (AvgIpc) is 3.07. The molecular formula is C16H18FNO4. The third-order valence-electron chi connectivity index (χ3n) is 4.48. The van der Waals surface area contributed by atoms with E-state index in [4.69, 9.17) is 9.47 Å². The lowest BCUT2D eigenvalue weighted by atomic mass is 9.99. The first kappa shape index (κ1) is 14.8. The summed E-state index contributed by atoms with van der Waals surface area (Å²) in [4.78, 5) is 25.3.